The van der Waals surface area contributed by atoms with Gasteiger partial charge in [0.05, 0.1) is 10.4 Å². The second-order valence-corrected chi connectivity index (χ2v) is 5.98. The topological polar surface area (TPSA) is 78.4 Å². The highest BCUT2D eigenvalue weighted by Crippen LogP contribution is 2.25. The molecule has 3 N–H and O–H groups in total. The molecule has 21 heavy (non-hydrogen) atoms. The van der Waals surface area contributed by atoms with Crippen LogP contribution in [0.5, 0.6) is 0 Å². The van der Waals surface area contributed by atoms with Crippen molar-refractivity contribution in [2.45, 2.75) is 31.7 Å². The van der Waals surface area contributed by atoms with Crippen molar-refractivity contribution in [2.75, 3.05) is 5.32 Å². The molecule has 0 bridgehead atoms. The smallest absolute Gasteiger partial charge is 0.319 e. The van der Waals surface area contributed by atoms with E-state index in [9.17, 15) is 14.0 Å². The molecule has 7 heteroatoms. The van der Waals surface area contributed by atoms with Crippen molar-refractivity contribution in [1.82, 2.24) is 5.32 Å². The average Bonchev–Trinajstić information content (AvgIpc) is 2.43. The van der Waals surface area contributed by atoms with Gasteiger partial charge in [0.2, 0.25) is 0 Å². The zero-order valence-corrected chi connectivity index (χ0v) is 12.8. The van der Waals surface area contributed by atoms with Crippen molar-refractivity contribution >= 4 is 33.6 Å². The third-order valence-corrected chi connectivity index (χ3v) is 4.14. The van der Waals surface area contributed by atoms with Crippen LogP contribution >= 0.6 is 15.9 Å². The van der Waals surface area contributed by atoms with Gasteiger partial charge in [-0.15, -0.1) is 0 Å². The van der Waals surface area contributed by atoms with Gasteiger partial charge >= 0.3 is 12.0 Å². The Labute approximate surface area is 130 Å². The number of hydrogen-bond donors (Lipinski definition) is 3. The lowest BCUT2D eigenvalue weighted by Gasteiger charge is -2.27. The number of carboxylic acid groups (broad SMARTS) is 1. The van der Waals surface area contributed by atoms with E-state index in [1.165, 1.54) is 18.2 Å². The molecule has 2 amide bonds. The van der Waals surface area contributed by atoms with Gasteiger partial charge in [-0.3, -0.25) is 4.79 Å². The van der Waals surface area contributed by atoms with Crippen molar-refractivity contribution in [1.29, 1.82) is 0 Å². The highest BCUT2D eigenvalue weighted by Gasteiger charge is 2.27. The Balaban J connectivity index is 1.89. The van der Waals surface area contributed by atoms with E-state index < -0.39 is 23.7 Å². The van der Waals surface area contributed by atoms with Crippen LogP contribution in [0.15, 0.2) is 22.7 Å². The van der Waals surface area contributed by atoms with E-state index in [0.717, 1.165) is 12.8 Å². The summed E-state index contributed by atoms with van der Waals surface area (Å²) in [4.78, 5) is 22.9. The van der Waals surface area contributed by atoms with Crippen LogP contribution in [0.25, 0.3) is 0 Å². The maximum atomic E-state index is 13.1. The van der Waals surface area contributed by atoms with E-state index >= 15 is 0 Å². The molecule has 5 nitrogen and oxygen atoms in total. The maximum absolute atomic E-state index is 13.1. The van der Waals surface area contributed by atoms with Gasteiger partial charge in [-0.2, -0.15) is 0 Å². The van der Waals surface area contributed by atoms with Crippen molar-refractivity contribution in [2.24, 2.45) is 5.92 Å². The van der Waals surface area contributed by atoms with Gasteiger partial charge in [-0.05, 0) is 53.4 Å². The molecule has 2 rings (SSSR count). The number of amides is 2. The lowest BCUT2D eigenvalue weighted by atomic mass is 9.86. The first-order chi connectivity index (χ1) is 9.95. The Morgan fingerprint density at radius 2 is 2.10 bits per heavy atom. The first-order valence-electron chi connectivity index (χ1n) is 6.71. The quantitative estimate of drug-likeness (QED) is 0.775. The van der Waals surface area contributed by atoms with Crippen molar-refractivity contribution < 1.29 is 19.1 Å². The number of benzene rings is 1. The minimum absolute atomic E-state index is 0.149. The number of carbonyl (C=O) groups is 2. The minimum atomic E-state index is -0.815. The Morgan fingerprint density at radius 1 is 1.33 bits per heavy atom. The third kappa shape index (κ3) is 4.42. The monoisotopic (exact) mass is 358 g/mol. The van der Waals surface area contributed by atoms with Crippen LogP contribution in [-0.4, -0.2) is 23.1 Å². The summed E-state index contributed by atoms with van der Waals surface area (Å²) in [7, 11) is 0. The molecule has 1 aliphatic rings. The fourth-order valence-electron chi connectivity index (χ4n) is 2.47. The number of rotatable bonds is 3. The molecule has 2 unspecified atom stereocenters. The molecule has 0 spiro atoms. The Hall–Kier alpha value is -1.63. The third-order valence-electron chi connectivity index (χ3n) is 3.54. The standard InChI is InChI=1S/C14H16BrFN2O3/c15-11-7-10(4-5-12(11)16)18-14(21)17-9-3-1-2-8(6-9)13(19)20/h4-5,7-9H,1-3,6H2,(H,19,20)(H2,17,18,21). The molecule has 0 aromatic heterocycles. The van der Waals surface area contributed by atoms with E-state index in [1.807, 2.05) is 0 Å². The number of hydrogen-bond acceptors (Lipinski definition) is 2. The Morgan fingerprint density at radius 3 is 2.76 bits per heavy atom. The predicted molar refractivity (Wildman–Crippen MR) is 79.6 cm³/mol. The van der Waals surface area contributed by atoms with Gasteiger partial charge in [0, 0.05) is 11.7 Å². The predicted octanol–water partition coefficient (Wildman–Crippen LogP) is 3.35. The largest absolute Gasteiger partial charge is 0.481 e. The summed E-state index contributed by atoms with van der Waals surface area (Å²) in [6, 6.07) is 3.62. The van der Waals surface area contributed by atoms with Gasteiger partial charge in [0.1, 0.15) is 5.82 Å². The molecule has 0 saturated heterocycles. The molecular formula is C14H16BrFN2O3. The number of anilines is 1. The fraction of sp³-hybridized carbons (Fsp3) is 0.429. The van der Waals surface area contributed by atoms with Crippen LogP contribution < -0.4 is 10.6 Å². The summed E-state index contributed by atoms with van der Waals surface area (Å²) in [5.74, 6) is -1.62. The second kappa shape index (κ2) is 6.89. The van der Waals surface area contributed by atoms with Gasteiger partial charge in [-0.1, -0.05) is 6.42 Å². The first kappa shape index (κ1) is 15.8. The van der Waals surface area contributed by atoms with Gasteiger partial charge < -0.3 is 15.7 Å². The number of carboxylic acids is 1. The van der Waals surface area contributed by atoms with E-state index in [-0.39, 0.29) is 10.5 Å². The Bertz CT molecular complexity index is 553. The zero-order valence-electron chi connectivity index (χ0n) is 11.2. The number of nitrogens with one attached hydrogen (secondary N) is 2. The lowest BCUT2D eigenvalue weighted by molar-refractivity contribution is -0.143. The number of halogens is 2. The highest BCUT2D eigenvalue weighted by molar-refractivity contribution is 9.10. The van der Waals surface area contributed by atoms with E-state index in [1.54, 1.807) is 0 Å². The van der Waals surface area contributed by atoms with Crippen LogP contribution in [0, 0.1) is 11.7 Å². The molecule has 1 aromatic rings. The number of carbonyl (C=O) groups excluding carboxylic acids is 1. The lowest BCUT2D eigenvalue weighted by Crippen LogP contribution is -2.42. The van der Waals surface area contributed by atoms with Crippen LogP contribution in [-0.2, 0) is 4.79 Å². The molecule has 2 atom stereocenters. The molecule has 1 fully saturated rings. The summed E-state index contributed by atoms with van der Waals surface area (Å²) >= 11 is 3.05. The zero-order chi connectivity index (χ0) is 15.4. The second-order valence-electron chi connectivity index (χ2n) is 5.13. The summed E-state index contributed by atoms with van der Waals surface area (Å²) in [6.45, 7) is 0. The van der Waals surface area contributed by atoms with E-state index in [0.29, 0.717) is 18.5 Å². The minimum Gasteiger partial charge on any atom is -0.481 e. The fourth-order valence-corrected chi connectivity index (χ4v) is 2.85. The SMILES string of the molecule is O=C(Nc1ccc(F)c(Br)c1)NC1CCCC(C(=O)O)C1. The molecule has 114 valence electrons. The molecule has 0 aliphatic heterocycles. The van der Waals surface area contributed by atoms with Crippen LogP contribution in [0.2, 0.25) is 0 Å². The molecule has 1 aromatic carbocycles. The normalized spacial score (nSPS) is 21.6. The summed E-state index contributed by atoms with van der Waals surface area (Å²) in [5, 5.41) is 14.4. The van der Waals surface area contributed by atoms with E-state index in [2.05, 4.69) is 26.6 Å². The summed E-state index contributed by atoms with van der Waals surface area (Å²) in [6.07, 6.45) is 2.64. The first-order valence-corrected chi connectivity index (χ1v) is 7.50. The highest BCUT2D eigenvalue weighted by atomic mass is 79.9. The molecule has 0 radical (unpaired) electrons. The molecular weight excluding hydrogens is 343 g/mol. The summed E-state index contributed by atoms with van der Waals surface area (Å²) in [5.41, 5.74) is 0.464. The molecule has 1 saturated carbocycles. The maximum Gasteiger partial charge on any atom is 0.319 e. The summed E-state index contributed by atoms with van der Waals surface area (Å²) < 4.78 is 13.4. The van der Waals surface area contributed by atoms with Crippen molar-refractivity contribution in [3.63, 3.8) is 0 Å². The van der Waals surface area contributed by atoms with E-state index in [4.69, 9.17) is 5.11 Å². The number of urea groups is 1. The van der Waals surface area contributed by atoms with Crippen LogP contribution in [0.3, 0.4) is 0 Å². The van der Waals surface area contributed by atoms with Crippen molar-refractivity contribution in [3.8, 4) is 0 Å². The molecule has 1 aliphatic carbocycles. The van der Waals surface area contributed by atoms with Crippen molar-refractivity contribution in [3.05, 3.63) is 28.5 Å². The van der Waals surface area contributed by atoms with Gasteiger partial charge in [0.25, 0.3) is 0 Å². The van der Waals surface area contributed by atoms with Gasteiger partial charge in [-0.25, -0.2) is 9.18 Å². The van der Waals surface area contributed by atoms with Crippen LogP contribution in [0.1, 0.15) is 25.7 Å². The number of aliphatic carboxylic acids is 1. The Kier molecular flexibility index (Phi) is 5.17. The van der Waals surface area contributed by atoms with Crippen LogP contribution in [0.4, 0.5) is 14.9 Å². The van der Waals surface area contributed by atoms with Gasteiger partial charge in [0.15, 0.2) is 0 Å². The molecule has 0 heterocycles. The average molecular weight is 359 g/mol.